The molecule has 0 aliphatic heterocycles. The van der Waals surface area contributed by atoms with Crippen molar-refractivity contribution < 1.29 is 9.53 Å². The number of hydrogen-bond donors (Lipinski definition) is 1. The Labute approximate surface area is 141 Å². The lowest BCUT2D eigenvalue weighted by Gasteiger charge is -2.07. The van der Waals surface area contributed by atoms with E-state index in [1.807, 2.05) is 54.6 Å². The molecule has 0 aliphatic rings. The van der Waals surface area contributed by atoms with Gasteiger partial charge in [-0.15, -0.1) is 10.2 Å². The van der Waals surface area contributed by atoms with Gasteiger partial charge in [-0.25, -0.2) is 0 Å². The number of para-hydroxylation sites is 1. The van der Waals surface area contributed by atoms with Gasteiger partial charge in [0.05, 0.1) is 0 Å². The van der Waals surface area contributed by atoms with E-state index in [0.29, 0.717) is 5.75 Å². The number of ether oxygens (including phenoxy) is 1. The second-order valence-electron chi connectivity index (χ2n) is 4.48. The molecule has 0 aliphatic carbocycles. The summed E-state index contributed by atoms with van der Waals surface area (Å²) in [7, 11) is 0. The number of nitrogens with zero attached hydrogens (tertiary/aromatic N) is 2. The van der Waals surface area contributed by atoms with E-state index in [9.17, 15) is 4.79 Å². The summed E-state index contributed by atoms with van der Waals surface area (Å²) in [5.41, 5.74) is 2.43. The standard InChI is InChI=1S/C16H13N3O2S2/c20-15(10-21-13-4-2-1-3-5-13)18-12-6-8-14(9-7-12)23-16-19-17-11-22-16/h1-9,11H,10H2,(H,18,20). The molecule has 23 heavy (non-hydrogen) atoms. The van der Waals surface area contributed by atoms with Crippen LogP contribution in [0.4, 0.5) is 5.69 Å². The number of hydrogen-bond acceptors (Lipinski definition) is 6. The van der Waals surface area contributed by atoms with Gasteiger partial charge in [-0.2, -0.15) is 0 Å². The normalized spacial score (nSPS) is 10.3. The zero-order chi connectivity index (χ0) is 15.9. The maximum absolute atomic E-state index is 11.9. The fourth-order valence-corrected chi connectivity index (χ4v) is 3.23. The van der Waals surface area contributed by atoms with Crippen molar-refractivity contribution in [3.05, 3.63) is 60.1 Å². The van der Waals surface area contributed by atoms with Crippen molar-refractivity contribution in [2.24, 2.45) is 0 Å². The summed E-state index contributed by atoms with van der Waals surface area (Å²) in [6.07, 6.45) is 0. The first kappa shape index (κ1) is 15.5. The van der Waals surface area contributed by atoms with Crippen LogP contribution in [0.3, 0.4) is 0 Å². The van der Waals surface area contributed by atoms with Gasteiger partial charge in [-0.3, -0.25) is 4.79 Å². The molecule has 116 valence electrons. The highest BCUT2D eigenvalue weighted by molar-refractivity contribution is 8.01. The van der Waals surface area contributed by atoms with Crippen LogP contribution in [0.5, 0.6) is 5.75 Å². The zero-order valence-corrected chi connectivity index (χ0v) is 13.6. The van der Waals surface area contributed by atoms with Crippen LogP contribution in [0.2, 0.25) is 0 Å². The number of carbonyl (C=O) groups excluding carboxylic acids is 1. The molecule has 0 radical (unpaired) electrons. The molecular formula is C16H13N3O2S2. The molecule has 0 saturated carbocycles. The summed E-state index contributed by atoms with van der Waals surface area (Å²) in [6, 6.07) is 16.8. The van der Waals surface area contributed by atoms with E-state index in [1.54, 1.807) is 5.51 Å². The SMILES string of the molecule is O=C(COc1ccccc1)Nc1ccc(Sc2nncs2)cc1. The number of nitrogens with one attached hydrogen (secondary N) is 1. The summed E-state index contributed by atoms with van der Waals surface area (Å²) >= 11 is 3.03. The Hall–Kier alpha value is -2.38. The molecule has 1 aromatic heterocycles. The van der Waals surface area contributed by atoms with Crippen molar-refractivity contribution in [1.29, 1.82) is 0 Å². The lowest BCUT2D eigenvalue weighted by atomic mass is 10.3. The van der Waals surface area contributed by atoms with Gasteiger partial charge in [-0.05, 0) is 36.4 Å². The largest absolute Gasteiger partial charge is 0.484 e. The number of benzene rings is 2. The third kappa shape index (κ3) is 4.80. The smallest absolute Gasteiger partial charge is 0.262 e. The topological polar surface area (TPSA) is 64.1 Å². The second kappa shape index (κ2) is 7.75. The van der Waals surface area contributed by atoms with Gasteiger partial charge < -0.3 is 10.1 Å². The van der Waals surface area contributed by atoms with E-state index in [4.69, 9.17) is 4.74 Å². The molecule has 2 aromatic carbocycles. The van der Waals surface area contributed by atoms with Gasteiger partial charge in [0.25, 0.3) is 5.91 Å². The monoisotopic (exact) mass is 343 g/mol. The van der Waals surface area contributed by atoms with Gasteiger partial charge in [-0.1, -0.05) is 41.3 Å². The van der Waals surface area contributed by atoms with Crippen molar-refractivity contribution >= 4 is 34.7 Å². The minimum atomic E-state index is -0.196. The van der Waals surface area contributed by atoms with Crippen LogP contribution in [0.15, 0.2) is 69.3 Å². The average molecular weight is 343 g/mol. The lowest BCUT2D eigenvalue weighted by Crippen LogP contribution is -2.20. The molecule has 3 aromatic rings. The molecular weight excluding hydrogens is 330 g/mol. The third-order valence-electron chi connectivity index (χ3n) is 2.80. The van der Waals surface area contributed by atoms with E-state index < -0.39 is 0 Å². The quantitative estimate of drug-likeness (QED) is 0.739. The van der Waals surface area contributed by atoms with Crippen LogP contribution in [-0.2, 0) is 4.79 Å². The molecule has 5 nitrogen and oxygen atoms in total. The van der Waals surface area contributed by atoms with Gasteiger partial charge in [0.1, 0.15) is 11.3 Å². The Balaban J connectivity index is 1.50. The van der Waals surface area contributed by atoms with Crippen molar-refractivity contribution in [1.82, 2.24) is 10.2 Å². The van der Waals surface area contributed by atoms with Crippen molar-refractivity contribution in [3.8, 4) is 5.75 Å². The highest BCUT2D eigenvalue weighted by atomic mass is 32.2. The van der Waals surface area contributed by atoms with Gasteiger partial charge in [0, 0.05) is 10.6 Å². The molecule has 0 bridgehead atoms. The van der Waals surface area contributed by atoms with Crippen LogP contribution in [-0.4, -0.2) is 22.7 Å². The maximum Gasteiger partial charge on any atom is 0.262 e. The summed E-state index contributed by atoms with van der Waals surface area (Å²) < 4.78 is 6.29. The number of carbonyl (C=O) groups is 1. The second-order valence-corrected chi connectivity index (χ2v) is 6.63. The molecule has 1 heterocycles. The van der Waals surface area contributed by atoms with Crippen LogP contribution < -0.4 is 10.1 Å². The van der Waals surface area contributed by atoms with E-state index in [1.165, 1.54) is 23.1 Å². The molecule has 1 N–H and O–H groups in total. The molecule has 3 rings (SSSR count). The van der Waals surface area contributed by atoms with Crippen molar-refractivity contribution in [3.63, 3.8) is 0 Å². The number of aromatic nitrogens is 2. The van der Waals surface area contributed by atoms with E-state index in [2.05, 4.69) is 15.5 Å². The predicted octanol–water partition coefficient (Wildman–Crippen LogP) is 3.71. The molecule has 7 heteroatoms. The third-order valence-corrected chi connectivity index (χ3v) is 4.58. The van der Waals surface area contributed by atoms with Crippen LogP contribution in [0.25, 0.3) is 0 Å². The Kier molecular flexibility index (Phi) is 5.23. The number of amides is 1. The summed E-state index contributed by atoms with van der Waals surface area (Å²) in [5, 5.41) is 10.6. The van der Waals surface area contributed by atoms with Crippen molar-refractivity contribution in [2.45, 2.75) is 9.24 Å². The Bertz CT molecular complexity index is 747. The lowest BCUT2D eigenvalue weighted by molar-refractivity contribution is -0.118. The minimum absolute atomic E-state index is 0.0225. The number of rotatable bonds is 6. The summed E-state index contributed by atoms with van der Waals surface area (Å²) in [5.74, 6) is 0.477. The molecule has 0 spiro atoms. The van der Waals surface area contributed by atoms with Crippen LogP contribution in [0, 0.1) is 0 Å². The zero-order valence-electron chi connectivity index (χ0n) is 12.0. The Morgan fingerprint density at radius 2 is 1.91 bits per heavy atom. The molecule has 0 fully saturated rings. The van der Waals surface area contributed by atoms with Crippen LogP contribution >= 0.6 is 23.1 Å². The fourth-order valence-electron chi connectivity index (χ4n) is 1.78. The highest BCUT2D eigenvalue weighted by Crippen LogP contribution is 2.29. The van der Waals surface area contributed by atoms with E-state index in [-0.39, 0.29) is 12.5 Å². The summed E-state index contributed by atoms with van der Waals surface area (Å²) in [6.45, 7) is -0.0225. The van der Waals surface area contributed by atoms with Gasteiger partial charge in [0.15, 0.2) is 10.9 Å². The predicted molar refractivity (Wildman–Crippen MR) is 91.0 cm³/mol. The minimum Gasteiger partial charge on any atom is -0.484 e. The first-order chi connectivity index (χ1) is 11.3. The Morgan fingerprint density at radius 3 is 2.61 bits per heavy atom. The van der Waals surface area contributed by atoms with E-state index >= 15 is 0 Å². The highest BCUT2D eigenvalue weighted by Gasteiger charge is 2.05. The molecule has 1 amide bonds. The molecule has 0 saturated heterocycles. The number of anilines is 1. The van der Waals surface area contributed by atoms with Crippen LogP contribution in [0.1, 0.15) is 0 Å². The Morgan fingerprint density at radius 1 is 1.13 bits per heavy atom. The first-order valence-electron chi connectivity index (χ1n) is 6.81. The fraction of sp³-hybridized carbons (Fsp3) is 0.0625. The van der Waals surface area contributed by atoms with Gasteiger partial charge >= 0.3 is 0 Å². The van der Waals surface area contributed by atoms with Crippen molar-refractivity contribution in [2.75, 3.05) is 11.9 Å². The van der Waals surface area contributed by atoms with E-state index in [0.717, 1.165) is 14.9 Å². The summed E-state index contributed by atoms with van der Waals surface area (Å²) in [4.78, 5) is 12.9. The average Bonchev–Trinajstić information content (AvgIpc) is 3.09. The molecule has 0 atom stereocenters. The molecule has 0 unspecified atom stereocenters. The van der Waals surface area contributed by atoms with Gasteiger partial charge in [0.2, 0.25) is 0 Å². The maximum atomic E-state index is 11.9. The first-order valence-corrected chi connectivity index (χ1v) is 8.51.